The number of methoxy groups -OCH3 is 1. The zero-order valence-corrected chi connectivity index (χ0v) is 16.7. The Morgan fingerprint density at radius 2 is 2.17 bits per heavy atom. The third-order valence-electron chi connectivity index (χ3n) is 5.89. The van der Waals surface area contributed by atoms with Gasteiger partial charge in [0.15, 0.2) is 11.6 Å². The molecule has 0 spiro atoms. The van der Waals surface area contributed by atoms with Crippen molar-refractivity contribution in [1.29, 1.82) is 0 Å². The van der Waals surface area contributed by atoms with Crippen LogP contribution in [0.2, 0.25) is 0 Å². The smallest absolute Gasteiger partial charge is 0.341 e. The number of carboxylic acids is 1. The van der Waals surface area contributed by atoms with Crippen LogP contribution in [-0.4, -0.2) is 49.4 Å². The van der Waals surface area contributed by atoms with Crippen molar-refractivity contribution < 1.29 is 19.0 Å². The zero-order chi connectivity index (χ0) is 20.7. The Bertz CT molecular complexity index is 1010. The summed E-state index contributed by atoms with van der Waals surface area (Å²) in [7, 11) is 3.28. The third kappa shape index (κ3) is 3.57. The van der Waals surface area contributed by atoms with Crippen LogP contribution in [0.3, 0.4) is 0 Å². The lowest BCUT2D eigenvalue weighted by Crippen LogP contribution is -2.37. The van der Waals surface area contributed by atoms with Gasteiger partial charge in [-0.25, -0.2) is 9.18 Å². The maximum atomic E-state index is 15.2. The van der Waals surface area contributed by atoms with E-state index in [1.807, 2.05) is 11.9 Å². The summed E-state index contributed by atoms with van der Waals surface area (Å²) < 4.78 is 22.6. The first-order valence-electron chi connectivity index (χ1n) is 10.0. The van der Waals surface area contributed by atoms with Gasteiger partial charge in [-0.3, -0.25) is 4.79 Å². The molecule has 2 heterocycles. The molecule has 4 rings (SSSR count). The van der Waals surface area contributed by atoms with Crippen LogP contribution in [0.15, 0.2) is 17.1 Å². The summed E-state index contributed by atoms with van der Waals surface area (Å²) in [4.78, 5) is 26.1. The number of halogens is 1. The first kappa shape index (κ1) is 19.7. The number of aromatic nitrogens is 1. The molecular formula is C21H26FN3O4. The van der Waals surface area contributed by atoms with E-state index in [1.165, 1.54) is 13.3 Å². The monoisotopic (exact) mass is 403 g/mol. The number of carboxylic acid groups (broad SMARTS) is 1. The van der Waals surface area contributed by atoms with Gasteiger partial charge in [-0.1, -0.05) is 0 Å². The Hall–Kier alpha value is -2.61. The SMILES string of the molecule is COc1c(N(C)CC2CCCNC2)c(F)cc2c(=O)c(C(=O)O)cn(C3CC3)c12. The number of carbonyl (C=O) groups is 1. The highest BCUT2D eigenvalue weighted by molar-refractivity contribution is 5.97. The highest BCUT2D eigenvalue weighted by atomic mass is 19.1. The minimum absolute atomic E-state index is 0.0441. The lowest BCUT2D eigenvalue weighted by atomic mass is 9.98. The van der Waals surface area contributed by atoms with E-state index in [4.69, 9.17) is 4.74 Å². The number of ether oxygens (including phenoxy) is 1. The molecule has 1 aliphatic carbocycles. The fourth-order valence-electron chi connectivity index (χ4n) is 4.34. The van der Waals surface area contributed by atoms with E-state index in [0.29, 0.717) is 23.7 Å². The molecule has 1 saturated heterocycles. The maximum absolute atomic E-state index is 15.2. The van der Waals surface area contributed by atoms with E-state index in [2.05, 4.69) is 5.32 Å². The van der Waals surface area contributed by atoms with Crippen molar-refractivity contribution >= 4 is 22.6 Å². The molecule has 1 aromatic carbocycles. The predicted molar refractivity (Wildman–Crippen MR) is 109 cm³/mol. The van der Waals surface area contributed by atoms with Crippen molar-refractivity contribution in [2.24, 2.45) is 5.92 Å². The molecule has 2 fully saturated rings. The van der Waals surface area contributed by atoms with Crippen molar-refractivity contribution in [2.75, 3.05) is 38.7 Å². The van der Waals surface area contributed by atoms with Crippen LogP contribution in [0.25, 0.3) is 10.9 Å². The first-order chi connectivity index (χ1) is 13.9. The number of nitrogens with zero attached hydrogens (tertiary/aromatic N) is 2. The second-order valence-electron chi connectivity index (χ2n) is 8.04. The van der Waals surface area contributed by atoms with Crippen molar-refractivity contribution in [3.05, 3.63) is 33.9 Å². The molecule has 8 heteroatoms. The van der Waals surface area contributed by atoms with Crippen LogP contribution in [0.1, 0.15) is 42.1 Å². The van der Waals surface area contributed by atoms with Gasteiger partial charge in [-0.2, -0.15) is 0 Å². The molecule has 1 unspecified atom stereocenters. The van der Waals surface area contributed by atoms with Gasteiger partial charge in [0.25, 0.3) is 0 Å². The van der Waals surface area contributed by atoms with Gasteiger partial charge < -0.3 is 24.6 Å². The lowest BCUT2D eigenvalue weighted by Gasteiger charge is -2.30. The molecule has 1 aliphatic heterocycles. The Morgan fingerprint density at radius 3 is 2.76 bits per heavy atom. The van der Waals surface area contributed by atoms with Crippen LogP contribution in [0.5, 0.6) is 5.75 Å². The number of hydrogen-bond donors (Lipinski definition) is 2. The van der Waals surface area contributed by atoms with Crippen LogP contribution >= 0.6 is 0 Å². The molecule has 2 aliphatic rings. The number of rotatable bonds is 6. The van der Waals surface area contributed by atoms with Crippen LogP contribution in [-0.2, 0) is 0 Å². The summed E-state index contributed by atoms with van der Waals surface area (Å²) in [5, 5.41) is 12.8. The van der Waals surface area contributed by atoms with Gasteiger partial charge in [-0.15, -0.1) is 0 Å². The highest BCUT2D eigenvalue weighted by Crippen LogP contribution is 2.43. The summed E-state index contributed by atoms with van der Waals surface area (Å²) in [5.74, 6) is -1.21. The molecule has 0 amide bonds. The molecule has 156 valence electrons. The molecule has 1 saturated carbocycles. The fourth-order valence-corrected chi connectivity index (χ4v) is 4.34. The van der Waals surface area contributed by atoms with Gasteiger partial charge in [0.05, 0.1) is 18.0 Å². The lowest BCUT2D eigenvalue weighted by molar-refractivity contribution is 0.0695. The average Bonchev–Trinajstić information content (AvgIpc) is 3.53. The van der Waals surface area contributed by atoms with Gasteiger partial charge in [0.2, 0.25) is 5.43 Å². The van der Waals surface area contributed by atoms with Gasteiger partial charge in [-0.05, 0) is 50.8 Å². The molecule has 2 N–H and O–H groups in total. The summed E-state index contributed by atoms with van der Waals surface area (Å²) >= 11 is 0. The first-order valence-corrected chi connectivity index (χ1v) is 10.0. The molecule has 0 radical (unpaired) electrons. The van der Waals surface area contributed by atoms with Crippen LogP contribution in [0.4, 0.5) is 10.1 Å². The Morgan fingerprint density at radius 1 is 1.41 bits per heavy atom. The third-order valence-corrected chi connectivity index (χ3v) is 5.89. The summed E-state index contributed by atoms with van der Waals surface area (Å²) in [6.07, 6.45) is 5.31. The Labute approximate surface area is 168 Å². The number of benzene rings is 1. The van der Waals surface area contributed by atoms with Gasteiger partial charge in [0.1, 0.15) is 11.3 Å². The fraction of sp³-hybridized carbons (Fsp3) is 0.524. The largest absolute Gasteiger partial charge is 0.492 e. The number of pyridine rings is 1. The van der Waals surface area contributed by atoms with Crippen molar-refractivity contribution in [1.82, 2.24) is 9.88 Å². The second-order valence-corrected chi connectivity index (χ2v) is 8.04. The minimum Gasteiger partial charge on any atom is -0.492 e. The van der Waals surface area contributed by atoms with E-state index < -0.39 is 17.2 Å². The molecule has 2 aromatic rings. The minimum atomic E-state index is -1.31. The molecule has 0 bridgehead atoms. The Kier molecular flexibility index (Phi) is 5.21. The topological polar surface area (TPSA) is 83.8 Å². The normalized spacial score (nSPS) is 19.3. The van der Waals surface area contributed by atoms with Crippen molar-refractivity contribution in [2.45, 2.75) is 31.7 Å². The number of hydrogen-bond acceptors (Lipinski definition) is 5. The summed E-state index contributed by atoms with van der Waals surface area (Å²) in [5.41, 5.74) is -0.259. The van der Waals surface area contributed by atoms with Crippen molar-refractivity contribution in [3.63, 3.8) is 0 Å². The highest BCUT2D eigenvalue weighted by Gasteiger charge is 2.31. The second kappa shape index (κ2) is 7.67. The number of nitrogens with one attached hydrogen (secondary N) is 1. The quantitative estimate of drug-likeness (QED) is 0.772. The van der Waals surface area contributed by atoms with Gasteiger partial charge >= 0.3 is 5.97 Å². The number of fused-ring (bicyclic) bond motifs is 1. The van der Waals surface area contributed by atoms with E-state index in [9.17, 15) is 14.7 Å². The number of piperidine rings is 1. The van der Waals surface area contributed by atoms with E-state index in [-0.39, 0.29) is 22.7 Å². The molecule has 1 atom stereocenters. The van der Waals surface area contributed by atoms with Crippen LogP contribution < -0.4 is 20.4 Å². The van der Waals surface area contributed by atoms with Crippen molar-refractivity contribution in [3.8, 4) is 5.75 Å². The standard InChI is InChI=1S/C21H26FN3O4/c1-24(10-12-4-3-7-23-9-12)18-16(22)8-14-17(20(18)29-2)25(13-5-6-13)11-15(19(14)26)21(27)28/h8,11-13,23H,3-7,9-10H2,1-2H3,(H,27,28). The number of aromatic carboxylic acids is 1. The van der Waals surface area contributed by atoms with E-state index >= 15 is 4.39 Å². The number of anilines is 1. The molecule has 29 heavy (non-hydrogen) atoms. The predicted octanol–water partition coefficient (Wildman–Crippen LogP) is 2.62. The summed E-state index contributed by atoms with van der Waals surface area (Å²) in [6.45, 7) is 2.55. The van der Waals surface area contributed by atoms with E-state index in [0.717, 1.165) is 44.8 Å². The van der Waals surface area contributed by atoms with Gasteiger partial charge in [0, 0.05) is 25.8 Å². The molecule has 7 nitrogen and oxygen atoms in total. The zero-order valence-electron chi connectivity index (χ0n) is 16.7. The summed E-state index contributed by atoms with van der Waals surface area (Å²) in [6, 6.07) is 1.26. The van der Waals surface area contributed by atoms with Crippen LogP contribution in [0, 0.1) is 11.7 Å². The Balaban J connectivity index is 1.89. The maximum Gasteiger partial charge on any atom is 0.341 e. The average molecular weight is 403 g/mol. The molecular weight excluding hydrogens is 377 g/mol. The van der Waals surface area contributed by atoms with E-state index in [1.54, 1.807) is 4.57 Å². The molecule has 1 aromatic heterocycles.